The summed E-state index contributed by atoms with van der Waals surface area (Å²) in [6.07, 6.45) is 5.05. The number of likely N-dealkylation sites (N-methyl/N-ethyl adjacent to an activating group) is 1. The molecule has 4 bridgehead atoms. The maximum atomic E-state index is 14.0. The second kappa shape index (κ2) is 13.7. The van der Waals surface area contributed by atoms with Crippen molar-refractivity contribution in [3.05, 3.63) is 64.5 Å². The molecule has 3 aliphatic heterocycles. The van der Waals surface area contributed by atoms with Crippen molar-refractivity contribution in [2.75, 3.05) is 19.0 Å². The average Bonchev–Trinajstić information content (AvgIpc) is 3.68. The van der Waals surface area contributed by atoms with Crippen molar-refractivity contribution in [2.24, 2.45) is 11.8 Å². The number of hydrogen-bond donors (Lipinski definition) is 2. The van der Waals surface area contributed by atoms with Gasteiger partial charge in [-0.3, -0.25) is 14.5 Å². The number of fused-ring (bicyclic) bond motifs is 5. The van der Waals surface area contributed by atoms with Gasteiger partial charge in [-0.15, -0.1) is 0 Å². The van der Waals surface area contributed by atoms with E-state index in [9.17, 15) is 14.7 Å². The Hall–Kier alpha value is -2.85. The number of epoxide rings is 1. The van der Waals surface area contributed by atoms with Gasteiger partial charge in [-0.2, -0.15) is 0 Å². The first-order valence-electron chi connectivity index (χ1n) is 16.2. The molecule has 8 atom stereocenters. The van der Waals surface area contributed by atoms with E-state index in [0.717, 1.165) is 16.7 Å². The molecule has 0 aliphatic carbocycles. The Bertz CT molecular complexity index is 1410. The zero-order valence-electron chi connectivity index (χ0n) is 29.0. The van der Waals surface area contributed by atoms with Gasteiger partial charge in [0, 0.05) is 31.3 Å². The molecule has 1 amide bonds. The molecule has 10 heteroatoms. The Morgan fingerprint density at radius 3 is 2.59 bits per heavy atom. The predicted molar refractivity (Wildman–Crippen MR) is 181 cm³/mol. The summed E-state index contributed by atoms with van der Waals surface area (Å²) in [5.41, 5.74) is 1.29. The quantitative estimate of drug-likeness (QED) is 0.316. The largest absolute Gasteiger partial charge is 0.476 e. The number of carbonyl (C=O) groups is 2. The van der Waals surface area contributed by atoms with Gasteiger partial charge in [0.2, 0.25) is 5.91 Å². The molecule has 9 nitrogen and oxygen atoms in total. The number of nitrogens with one attached hydrogen (secondary N) is 1. The minimum atomic E-state index is -1.30. The van der Waals surface area contributed by atoms with Crippen LogP contribution in [0.4, 0.5) is 5.69 Å². The third kappa shape index (κ3) is 7.48. The average molecular weight is 658 g/mol. The van der Waals surface area contributed by atoms with Crippen molar-refractivity contribution < 1.29 is 28.9 Å². The molecule has 3 heterocycles. The molecular formula is C36H52ClN3O6. The van der Waals surface area contributed by atoms with Gasteiger partial charge in [0.25, 0.3) is 0 Å². The highest BCUT2D eigenvalue weighted by molar-refractivity contribution is 6.34. The number of benzene rings is 1. The Balaban J connectivity index is 1.76. The molecule has 0 saturated carbocycles. The van der Waals surface area contributed by atoms with Crippen molar-refractivity contribution >= 4 is 29.2 Å². The molecule has 4 rings (SSSR count). The molecule has 2 saturated heterocycles. The van der Waals surface area contributed by atoms with E-state index in [0.29, 0.717) is 17.1 Å². The van der Waals surface area contributed by atoms with Crippen LogP contribution in [0.5, 0.6) is 0 Å². The number of aliphatic hydroxyl groups is 1. The number of rotatable bonds is 4. The SMILES string of the molecule is C=C1N[C@]2(O)C[C@H](O1)[C@@H](C)[C@@H]1O[C@@]1(C)[C@@H](OC(=O)[C@H](C)N(C)C(C)C)CC(=O)N(C)c1cc(cc(C)c1Cl)C/C(C)=C/C=C/[C@H]2C. The highest BCUT2D eigenvalue weighted by Gasteiger charge is 2.64. The number of allylic oxidation sites excluding steroid dienone is 3. The molecule has 0 spiro atoms. The molecule has 254 valence electrons. The summed E-state index contributed by atoms with van der Waals surface area (Å²) in [5, 5.41) is 15.3. The molecule has 0 radical (unpaired) electrons. The zero-order chi connectivity index (χ0) is 34.3. The number of hydrogen-bond acceptors (Lipinski definition) is 8. The monoisotopic (exact) mass is 657 g/mol. The number of ether oxygens (including phenoxy) is 3. The molecule has 2 N–H and O–H groups in total. The first kappa shape index (κ1) is 36.0. The summed E-state index contributed by atoms with van der Waals surface area (Å²) < 4.78 is 18.6. The van der Waals surface area contributed by atoms with Crippen LogP contribution in [-0.4, -0.2) is 77.7 Å². The van der Waals surface area contributed by atoms with E-state index >= 15 is 0 Å². The molecule has 0 unspecified atom stereocenters. The molecule has 1 aromatic carbocycles. The van der Waals surface area contributed by atoms with E-state index in [1.165, 1.54) is 0 Å². The van der Waals surface area contributed by atoms with Crippen molar-refractivity contribution in [1.82, 2.24) is 10.2 Å². The second-order valence-corrected chi connectivity index (χ2v) is 14.4. The van der Waals surface area contributed by atoms with Crippen LogP contribution in [0.3, 0.4) is 0 Å². The van der Waals surface area contributed by atoms with Gasteiger partial charge < -0.3 is 29.5 Å². The van der Waals surface area contributed by atoms with Crippen molar-refractivity contribution in [3.8, 4) is 0 Å². The maximum absolute atomic E-state index is 14.0. The van der Waals surface area contributed by atoms with Gasteiger partial charge in [0.1, 0.15) is 29.6 Å². The summed E-state index contributed by atoms with van der Waals surface area (Å²) in [7, 11) is 3.57. The Kier molecular flexibility index (Phi) is 10.7. The molecule has 2 fully saturated rings. The summed E-state index contributed by atoms with van der Waals surface area (Å²) in [4.78, 5) is 31.0. The minimum Gasteiger partial charge on any atom is -0.476 e. The summed E-state index contributed by atoms with van der Waals surface area (Å²) in [6, 6.07) is 3.54. The van der Waals surface area contributed by atoms with E-state index in [2.05, 4.69) is 11.9 Å². The number of nitrogens with zero attached hydrogens (tertiary/aromatic N) is 2. The fourth-order valence-corrected chi connectivity index (χ4v) is 6.74. The number of aryl methyl sites for hydroxylation is 1. The van der Waals surface area contributed by atoms with Crippen molar-refractivity contribution in [1.29, 1.82) is 0 Å². The van der Waals surface area contributed by atoms with Gasteiger partial charge in [0.15, 0.2) is 5.88 Å². The molecule has 0 aromatic heterocycles. The Morgan fingerprint density at radius 2 is 1.93 bits per heavy atom. The predicted octanol–water partition coefficient (Wildman–Crippen LogP) is 5.67. The molecule has 1 aromatic rings. The van der Waals surface area contributed by atoms with Crippen LogP contribution in [0, 0.1) is 18.8 Å². The Morgan fingerprint density at radius 1 is 1.26 bits per heavy atom. The van der Waals surface area contributed by atoms with E-state index < -0.39 is 41.6 Å². The van der Waals surface area contributed by atoms with E-state index in [-0.39, 0.29) is 42.5 Å². The van der Waals surface area contributed by atoms with Crippen LogP contribution in [0.1, 0.15) is 72.4 Å². The first-order chi connectivity index (χ1) is 21.4. The van der Waals surface area contributed by atoms with E-state index in [4.69, 9.17) is 25.8 Å². The molecule has 3 aliphatic rings. The number of carbonyl (C=O) groups excluding carboxylic acids is 2. The summed E-state index contributed by atoms with van der Waals surface area (Å²) in [6.45, 7) is 19.6. The number of amides is 1. The van der Waals surface area contributed by atoms with Crippen LogP contribution < -0.4 is 10.2 Å². The highest BCUT2D eigenvalue weighted by atomic mass is 35.5. The van der Waals surface area contributed by atoms with Crippen molar-refractivity contribution in [2.45, 2.75) is 116 Å². The van der Waals surface area contributed by atoms with Crippen LogP contribution >= 0.6 is 11.6 Å². The number of esters is 1. The Labute approximate surface area is 279 Å². The van der Waals surface area contributed by atoms with Crippen LogP contribution in [0.25, 0.3) is 0 Å². The van der Waals surface area contributed by atoms with Gasteiger partial charge in [-0.05, 0) is 78.8 Å². The lowest BCUT2D eigenvalue weighted by molar-refractivity contribution is -0.159. The smallest absolute Gasteiger partial charge is 0.323 e. The van der Waals surface area contributed by atoms with Gasteiger partial charge in [-0.1, -0.05) is 55.3 Å². The fraction of sp³-hybridized carbons (Fsp3) is 0.611. The topological polar surface area (TPSA) is 104 Å². The summed E-state index contributed by atoms with van der Waals surface area (Å²) in [5.74, 6) is -0.911. The second-order valence-electron chi connectivity index (χ2n) is 14.0. The third-order valence-electron chi connectivity index (χ3n) is 10.2. The fourth-order valence-electron chi connectivity index (χ4n) is 6.51. The van der Waals surface area contributed by atoms with Crippen molar-refractivity contribution in [3.63, 3.8) is 0 Å². The van der Waals surface area contributed by atoms with Gasteiger partial charge in [0.05, 0.1) is 23.2 Å². The van der Waals surface area contributed by atoms with Crippen LogP contribution in [0.2, 0.25) is 5.02 Å². The standard InChI is InChI=1S/C36H52ClN3O6/c1-20(2)39(10)25(7)34(42)45-30-18-31(41)40(11)28-17-27(16-22(4)32(28)37)15-21(3)13-12-14-23(5)36(43)19-29(44-26(8)38-36)24(6)33-35(30,9)46-33/h12-14,16-17,20,23-25,29-30,33,38,43H,8,15,18-19H2,1-7,9-11H3/b14-12+,21-13+/t23-,24-,25+,29+,30+,33+,35+,36+/m1/s1. The normalized spacial score (nSPS) is 34.6. The molecular weight excluding hydrogens is 606 g/mol. The lowest BCUT2D eigenvalue weighted by Gasteiger charge is -2.44. The highest BCUT2D eigenvalue weighted by Crippen LogP contribution is 2.49. The van der Waals surface area contributed by atoms with Crippen LogP contribution in [0.15, 0.2) is 48.4 Å². The van der Waals surface area contributed by atoms with E-state index in [1.807, 2.05) is 90.8 Å². The molecule has 46 heavy (non-hydrogen) atoms. The van der Waals surface area contributed by atoms with Gasteiger partial charge >= 0.3 is 5.97 Å². The summed E-state index contributed by atoms with van der Waals surface area (Å²) >= 11 is 6.77. The maximum Gasteiger partial charge on any atom is 0.323 e. The lowest BCUT2D eigenvalue weighted by Crippen LogP contribution is -2.57. The van der Waals surface area contributed by atoms with Gasteiger partial charge in [-0.25, -0.2) is 0 Å². The van der Waals surface area contributed by atoms with E-state index in [1.54, 1.807) is 18.9 Å². The minimum absolute atomic E-state index is 0.108. The first-order valence-corrected chi connectivity index (χ1v) is 16.6. The number of halogens is 1. The number of anilines is 1. The van der Waals surface area contributed by atoms with Crippen LogP contribution in [-0.2, 0) is 30.2 Å². The lowest BCUT2D eigenvalue weighted by atomic mass is 9.82. The third-order valence-corrected chi connectivity index (χ3v) is 10.7. The zero-order valence-corrected chi connectivity index (χ0v) is 29.8.